The van der Waals surface area contributed by atoms with E-state index in [4.69, 9.17) is 15.7 Å². The fourth-order valence-corrected chi connectivity index (χ4v) is 1.50. The summed E-state index contributed by atoms with van der Waals surface area (Å²) >= 11 is 0. The van der Waals surface area contributed by atoms with Crippen LogP contribution in [0.15, 0.2) is 29.4 Å². The maximum atomic E-state index is 8.51. The molecule has 0 unspecified atom stereocenters. The normalized spacial score (nSPS) is 15.9. The zero-order valence-electron chi connectivity index (χ0n) is 9.60. The maximum absolute atomic E-state index is 8.51. The fourth-order valence-electron chi connectivity index (χ4n) is 1.50. The van der Waals surface area contributed by atoms with Gasteiger partial charge in [-0.25, -0.2) is 0 Å². The van der Waals surface area contributed by atoms with Crippen LogP contribution in [0.2, 0.25) is 0 Å². The minimum absolute atomic E-state index is 0.104. The first-order chi connectivity index (χ1) is 8.29. The summed E-state index contributed by atoms with van der Waals surface area (Å²) in [6.07, 6.45) is 2.57. The van der Waals surface area contributed by atoms with Crippen LogP contribution >= 0.6 is 0 Å². The van der Waals surface area contributed by atoms with Gasteiger partial charge in [0.15, 0.2) is 5.84 Å². The Labute approximate surface area is 100 Å². The van der Waals surface area contributed by atoms with E-state index in [1.165, 1.54) is 12.8 Å². The van der Waals surface area contributed by atoms with Gasteiger partial charge in [0.05, 0.1) is 0 Å². The number of nitrogens with zero attached hydrogens (tertiary/aromatic N) is 1. The van der Waals surface area contributed by atoms with Gasteiger partial charge in [-0.2, -0.15) is 0 Å². The van der Waals surface area contributed by atoms with Crippen molar-refractivity contribution in [2.45, 2.75) is 18.9 Å². The van der Waals surface area contributed by atoms with Crippen LogP contribution < -0.4 is 15.8 Å². The highest BCUT2D eigenvalue weighted by Crippen LogP contribution is 2.18. The van der Waals surface area contributed by atoms with E-state index in [1.54, 1.807) is 12.1 Å². The van der Waals surface area contributed by atoms with Gasteiger partial charge in [0.1, 0.15) is 12.4 Å². The molecule has 0 aliphatic heterocycles. The van der Waals surface area contributed by atoms with Crippen molar-refractivity contribution in [2.75, 3.05) is 13.2 Å². The second-order valence-electron chi connectivity index (χ2n) is 4.09. The third-order valence-corrected chi connectivity index (χ3v) is 2.64. The lowest BCUT2D eigenvalue weighted by Crippen LogP contribution is -2.22. The fraction of sp³-hybridized carbons (Fsp3) is 0.417. The number of benzene rings is 1. The lowest BCUT2D eigenvalue weighted by Gasteiger charge is -2.07. The Morgan fingerprint density at radius 3 is 2.71 bits per heavy atom. The molecule has 0 spiro atoms. The van der Waals surface area contributed by atoms with Crippen molar-refractivity contribution < 1.29 is 9.94 Å². The van der Waals surface area contributed by atoms with E-state index in [2.05, 4.69) is 10.5 Å². The van der Waals surface area contributed by atoms with Crippen molar-refractivity contribution in [2.24, 2.45) is 10.9 Å². The number of rotatable bonds is 6. The van der Waals surface area contributed by atoms with Crippen molar-refractivity contribution in [3.8, 4) is 5.75 Å². The Hall–Kier alpha value is -1.75. The smallest absolute Gasteiger partial charge is 0.170 e. The van der Waals surface area contributed by atoms with Gasteiger partial charge in [-0.3, -0.25) is 0 Å². The third kappa shape index (κ3) is 3.64. The lowest BCUT2D eigenvalue weighted by atomic mass is 10.2. The standard InChI is InChI=1S/C12H17N3O2/c13-12(15-16)9-1-5-11(6-2-9)17-8-7-14-10-3-4-10/h1-2,5-6,10,14,16H,3-4,7-8H2,(H2,13,15). The number of amidine groups is 1. The Balaban J connectivity index is 1.76. The molecule has 1 aliphatic rings. The summed E-state index contributed by atoms with van der Waals surface area (Å²) in [7, 11) is 0. The molecule has 1 fully saturated rings. The number of hydrogen-bond acceptors (Lipinski definition) is 4. The minimum atomic E-state index is 0.104. The van der Waals surface area contributed by atoms with Gasteiger partial charge >= 0.3 is 0 Å². The quantitative estimate of drug-likeness (QED) is 0.225. The first kappa shape index (κ1) is 11.7. The van der Waals surface area contributed by atoms with Crippen LogP contribution in [0.5, 0.6) is 5.75 Å². The van der Waals surface area contributed by atoms with Gasteiger partial charge < -0.3 is 21.0 Å². The van der Waals surface area contributed by atoms with Crippen LogP contribution in [0.4, 0.5) is 0 Å². The molecule has 0 saturated heterocycles. The second-order valence-corrected chi connectivity index (χ2v) is 4.09. The summed E-state index contributed by atoms with van der Waals surface area (Å²) in [6, 6.07) is 7.86. The number of nitrogens with one attached hydrogen (secondary N) is 1. The molecule has 92 valence electrons. The molecule has 17 heavy (non-hydrogen) atoms. The molecule has 5 nitrogen and oxygen atoms in total. The average Bonchev–Trinajstić information content (AvgIpc) is 3.18. The van der Waals surface area contributed by atoms with Crippen molar-refractivity contribution in [3.63, 3.8) is 0 Å². The van der Waals surface area contributed by atoms with Crippen LogP contribution in [0.1, 0.15) is 18.4 Å². The molecule has 0 heterocycles. The molecule has 0 aromatic heterocycles. The van der Waals surface area contributed by atoms with E-state index in [0.717, 1.165) is 12.3 Å². The molecular weight excluding hydrogens is 218 g/mol. The predicted molar refractivity (Wildman–Crippen MR) is 65.5 cm³/mol. The minimum Gasteiger partial charge on any atom is -0.492 e. The van der Waals surface area contributed by atoms with Gasteiger partial charge in [0.2, 0.25) is 0 Å². The van der Waals surface area contributed by atoms with Crippen molar-refractivity contribution in [3.05, 3.63) is 29.8 Å². The maximum Gasteiger partial charge on any atom is 0.170 e. The van der Waals surface area contributed by atoms with E-state index >= 15 is 0 Å². The van der Waals surface area contributed by atoms with Crippen LogP contribution in [-0.2, 0) is 0 Å². The average molecular weight is 235 g/mol. The molecule has 0 atom stereocenters. The molecule has 0 bridgehead atoms. The zero-order chi connectivity index (χ0) is 12.1. The largest absolute Gasteiger partial charge is 0.492 e. The second kappa shape index (κ2) is 5.54. The van der Waals surface area contributed by atoms with Crippen molar-refractivity contribution >= 4 is 5.84 Å². The topological polar surface area (TPSA) is 79.9 Å². The highest BCUT2D eigenvalue weighted by Gasteiger charge is 2.19. The van der Waals surface area contributed by atoms with Crippen molar-refractivity contribution in [1.82, 2.24) is 5.32 Å². The van der Waals surface area contributed by atoms with Crippen LogP contribution in [0.25, 0.3) is 0 Å². The molecule has 0 radical (unpaired) electrons. The van der Waals surface area contributed by atoms with Crippen LogP contribution in [0.3, 0.4) is 0 Å². The molecular formula is C12H17N3O2. The molecule has 2 rings (SSSR count). The van der Waals surface area contributed by atoms with Gasteiger partial charge in [-0.1, -0.05) is 5.16 Å². The molecule has 1 aromatic rings. The summed E-state index contributed by atoms with van der Waals surface area (Å²) in [6.45, 7) is 1.52. The zero-order valence-corrected chi connectivity index (χ0v) is 9.60. The highest BCUT2D eigenvalue weighted by molar-refractivity contribution is 5.97. The van der Waals surface area contributed by atoms with Gasteiger partial charge in [0.25, 0.3) is 0 Å². The molecule has 1 aromatic carbocycles. The Bertz CT molecular complexity index is 385. The van der Waals surface area contributed by atoms with Crippen molar-refractivity contribution in [1.29, 1.82) is 0 Å². The summed E-state index contributed by atoms with van der Waals surface area (Å²) in [4.78, 5) is 0. The van der Waals surface area contributed by atoms with E-state index < -0.39 is 0 Å². The summed E-state index contributed by atoms with van der Waals surface area (Å²) in [5.74, 6) is 0.893. The van der Waals surface area contributed by atoms with E-state index in [0.29, 0.717) is 18.2 Å². The number of hydrogen-bond donors (Lipinski definition) is 3. The van der Waals surface area contributed by atoms with Crippen LogP contribution in [-0.4, -0.2) is 30.2 Å². The number of oxime groups is 1. The Morgan fingerprint density at radius 1 is 1.41 bits per heavy atom. The molecule has 1 saturated carbocycles. The highest BCUT2D eigenvalue weighted by atomic mass is 16.5. The molecule has 1 aliphatic carbocycles. The Kier molecular flexibility index (Phi) is 3.82. The summed E-state index contributed by atoms with van der Waals surface area (Å²) in [5, 5.41) is 14.8. The van der Waals surface area contributed by atoms with Crippen LogP contribution in [0, 0.1) is 0 Å². The van der Waals surface area contributed by atoms with Gasteiger partial charge in [-0.15, -0.1) is 0 Å². The summed E-state index contributed by atoms with van der Waals surface area (Å²) in [5.41, 5.74) is 6.13. The lowest BCUT2D eigenvalue weighted by molar-refractivity contribution is 0.313. The first-order valence-electron chi connectivity index (χ1n) is 5.74. The van der Waals surface area contributed by atoms with E-state index in [-0.39, 0.29) is 5.84 Å². The molecule has 5 heteroatoms. The number of ether oxygens (including phenoxy) is 1. The SMILES string of the molecule is NC(=NO)c1ccc(OCCNC2CC2)cc1. The van der Waals surface area contributed by atoms with E-state index in [1.807, 2.05) is 12.1 Å². The Morgan fingerprint density at radius 2 is 2.12 bits per heavy atom. The molecule has 0 amide bonds. The first-order valence-corrected chi connectivity index (χ1v) is 5.74. The van der Waals surface area contributed by atoms with Gasteiger partial charge in [0, 0.05) is 18.2 Å². The van der Waals surface area contributed by atoms with Gasteiger partial charge in [-0.05, 0) is 37.1 Å². The monoisotopic (exact) mass is 235 g/mol. The number of nitrogens with two attached hydrogens (primary N) is 1. The summed E-state index contributed by atoms with van der Waals surface area (Å²) < 4.78 is 5.55. The third-order valence-electron chi connectivity index (χ3n) is 2.64. The van der Waals surface area contributed by atoms with E-state index in [9.17, 15) is 0 Å². The molecule has 4 N–H and O–H groups in total. The predicted octanol–water partition coefficient (Wildman–Crippen LogP) is 0.912.